The lowest BCUT2D eigenvalue weighted by atomic mass is 10.0. The number of rotatable bonds is 20. The maximum absolute atomic E-state index is 13.4. The minimum Gasteiger partial charge on any atom is -0.481 e. The average molecular weight is 705 g/mol. The fourth-order valence-corrected chi connectivity index (χ4v) is 4.58. The number of aliphatic hydroxyl groups excluding tert-OH is 1. The highest BCUT2D eigenvalue weighted by atomic mass is 16.4. The maximum Gasteiger partial charge on any atom is 0.325 e. The Labute approximate surface area is 286 Å². The zero-order valence-corrected chi connectivity index (χ0v) is 27.5. The molecule has 0 saturated heterocycles. The minimum atomic E-state index is -1.68. The van der Waals surface area contributed by atoms with E-state index in [4.69, 9.17) is 17.2 Å². The first-order chi connectivity index (χ1) is 23.5. The van der Waals surface area contributed by atoms with E-state index in [2.05, 4.69) is 36.6 Å². The Hall–Kier alpha value is -5.76. The van der Waals surface area contributed by atoms with Crippen molar-refractivity contribution in [1.29, 1.82) is 0 Å². The van der Waals surface area contributed by atoms with E-state index in [-0.39, 0.29) is 31.8 Å². The Balaban J connectivity index is 2.30. The van der Waals surface area contributed by atoms with Gasteiger partial charge in [-0.25, -0.2) is 0 Å². The van der Waals surface area contributed by atoms with Gasteiger partial charge in [-0.1, -0.05) is 18.2 Å². The molecule has 50 heavy (non-hydrogen) atoms. The number of aromatic amines is 1. The van der Waals surface area contributed by atoms with Crippen LogP contribution in [0.1, 0.15) is 38.7 Å². The van der Waals surface area contributed by atoms with Crippen LogP contribution in [0.5, 0.6) is 0 Å². The summed E-state index contributed by atoms with van der Waals surface area (Å²) in [6, 6.07) is -1.41. The molecule has 0 aliphatic heterocycles. The minimum absolute atomic E-state index is 0.0191. The van der Waals surface area contributed by atoms with Crippen LogP contribution in [0.4, 0.5) is 0 Å². The zero-order chi connectivity index (χ0) is 37.5. The predicted octanol–water partition coefficient (Wildman–Crippen LogP) is -3.89. The number of carbonyl (C=O) groups excluding carboxylic acids is 5. The summed E-state index contributed by atoms with van der Waals surface area (Å²) < 4.78 is 0. The second-order valence-corrected chi connectivity index (χ2v) is 11.4. The summed E-state index contributed by atoms with van der Waals surface area (Å²) in [7, 11) is 0. The number of carbonyl (C=O) groups is 7. The highest BCUT2D eigenvalue weighted by Gasteiger charge is 2.33. The van der Waals surface area contributed by atoms with Crippen molar-refractivity contribution in [2.24, 2.45) is 22.2 Å². The molecule has 0 bridgehead atoms. The van der Waals surface area contributed by atoms with E-state index in [0.717, 1.165) is 10.9 Å². The van der Waals surface area contributed by atoms with Crippen LogP contribution in [0.25, 0.3) is 10.9 Å². The van der Waals surface area contributed by atoms with E-state index in [1.165, 1.54) is 13.8 Å². The Morgan fingerprint density at radius 3 is 1.96 bits per heavy atom. The van der Waals surface area contributed by atoms with Gasteiger partial charge in [0.05, 0.1) is 19.1 Å². The van der Waals surface area contributed by atoms with E-state index in [0.29, 0.717) is 5.56 Å². The van der Waals surface area contributed by atoms with Crippen molar-refractivity contribution in [2.45, 2.75) is 75.8 Å². The molecule has 0 aliphatic rings. The number of aliphatic hydroxyl groups is 1. The van der Waals surface area contributed by atoms with E-state index in [9.17, 15) is 48.9 Å². The first kappa shape index (κ1) is 40.4. The molecule has 2 aromatic rings. The van der Waals surface area contributed by atoms with E-state index < -0.39 is 90.8 Å². The number of hydrogen-bond acceptors (Lipinski definition) is 10. The molecular formula is C30H44N10O10. The van der Waals surface area contributed by atoms with E-state index in [1.54, 1.807) is 30.5 Å². The third kappa shape index (κ3) is 12.7. The molecule has 5 amide bonds. The number of hydrogen-bond donors (Lipinski definition) is 12. The number of carboxylic acid groups (broad SMARTS) is 2. The first-order valence-electron chi connectivity index (χ1n) is 15.5. The molecular weight excluding hydrogens is 660 g/mol. The third-order valence-electron chi connectivity index (χ3n) is 7.28. The Morgan fingerprint density at radius 1 is 0.800 bits per heavy atom. The van der Waals surface area contributed by atoms with Crippen molar-refractivity contribution in [3.63, 3.8) is 0 Å². The number of benzene rings is 1. The van der Waals surface area contributed by atoms with Gasteiger partial charge < -0.3 is 64.1 Å². The lowest BCUT2D eigenvalue weighted by Crippen LogP contribution is -2.60. The second kappa shape index (κ2) is 19.3. The highest BCUT2D eigenvalue weighted by Crippen LogP contribution is 2.19. The van der Waals surface area contributed by atoms with Crippen molar-refractivity contribution < 1.29 is 48.9 Å². The molecule has 0 radical (unpaired) electrons. The summed E-state index contributed by atoms with van der Waals surface area (Å²) >= 11 is 0. The monoisotopic (exact) mass is 704 g/mol. The molecule has 2 rings (SSSR count). The van der Waals surface area contributed by atoms with Gasteiger partial charge >= 0.3 is 11.9 Å². The second-order valence-electron chi connectivity index (χ2n) is 11.4. The first-order valence-corrected chi connectivity index (χ1v) is 15.5. The lowest BCUT2D eigenvalue weighted by Gasteiger charge is -2.26. The molecule has 0 unspecified atom stereocenters. The normalized spacial score (nSPS) is 14.5. The molecule has 0 saturated carbocycles. The summed E-state index contributed by atoms with van der Waals surface area (Å²) in [5.74, 6) is -7.78. The highest BCUT2D eigenvalue weighted by molar-refractivity contribution is 5.97. The van der Waals surface area contributed by atoms with Crippen molar-refractivity contribution >= 4 is 58.3 Å². The number of nitrogens with zero attached hydrogens (tertiary/aromatic N) is 1. The largest absolute Gasteiger partial charge is 0.481 e. The van der Waals surface area contributed by atoms with Crippen molar-refractivity contribution in [3.8, 4) is 0 Å². The van der Waals surface area contributed by atoms with E-state index in [1.807, 2.05) is 0 Å². The predicted molar refractivity (Wildman–Crippen MR) is 178 cm³/mol. The van der Waals surface area contributed by atoms with Crippen LogP contribution < -0.4 is 43.8 Å². The van der Waals surface area contributed by atoms with E-state index >= 15 is 0 Å². The molecule has 0 fully saturated rings. The molecule has 1 heterocycles. The maximum atomic E-state index is 13.4. The smallest absolute Gasteiger partial charge is 0.325 e. The number of nitrogens with one attached hydrogen (secondary N) is 6. The standard InChI is InChI=1S/C30H44N10O10/c1-14(31)24(44)38-21(11-23(42)43)27(47)37-19(8-5-9-34-30(32)33)25(45)40-22(13-41)28(48)39-20(26(46)36-15(2)29(49)50)10-16-12-35-18-7-4-3-6-17(16)18/h3-4,6-7,12,14-15,19-22,35,41H,5,8-11,13,31H2,1-2H3,(H,36,46)(H,37,47)(H,38,44)(H,39,48)(H,40,45)(H,42,43)(H,49,50)(H4,32,33,34)/t14-,15-,19-,20-,21-,22-/m0/s1. The number of carboxylic acids is 2. The van der Waals surface area contributed by atoms with Gasteiger partial charge in [0.25, 0.3) is 0 Å². The number of aromatic nitrogens is 1. The van der Waals surface area contributed by atoms with Gasteiger partial charge in [0.2, 0.25) is 29.5 Å². The van der Waals surface area contributed by atoms with Gasteiger partial charge in [0.1, 0.15) is 30.2 Å². The van der Waals surface area contributed by atoms with Gasteiger partial charge in [0.15, 0.2) is 5.96 Å². The van der Waals surface area contributed by atoms with Crippen molar-refractivity contribution in [3.05, 3.63) is 36.0 Å². The topological polar surface area (TPSA) is 347 Å². The summed E-state index contributed by atoms with van der Waals surface area (Å²) in [5.41, 5.74) is 17.5. The molecule has 15 N–H and O–H groups in total. The Morgan fingerprint density at radius 2 is 1.36 bits per heavy atom. The summed E-state index contributed by atoms with van der Waals surface area (Å²) in [6.45, 7) is 1.59. The van der Waals surface area contributed by atoms with Crippen LogP contribution in [-0.4, -0.2) is 117 Å². The van der Waals surface area contributed by atoms with Crippen LogP contribution in [-0.2, 0) is 40.0 Å². The molecule has 20 heteroatoms. The van der Waals surface area contributed by atoms with Crippen LogP contribution in [0.3, 0.4) is 0 Å². The summed E-state index contributed by atoms with van der Waals surface area (Å²) in [6.07, 6.45) is 0.619. The molecule has 274 valence electrons. The molecule has 6 atom stereocenters. The van der Waals surface area contributed by atoms with Crippen LogP contribution in [0.15, 0.2) is 35.5 Å². The van der Waals surface area contributed by atoms with Gasteiger partial charge in [-0.2, -0.15) is 0 Å². The van der Waals surface area contributed by atoms with Gasteiger partial charge in [-0.15, -0.1) is 0 Å². The number of amides is 5. The quantitative estimate of drug-likeness (QED) is 0.0357. The number of nitrogens with two attached hydrogens (primary N) is 3. The van der Waals surface area contributed by atoms with Crippen molar-refractivity contribution in [2.75, 3.05) is 13.2 Å². The fraction of sp³-hybridized carbons (Fsp3) is 0.467. The molecule has 1 aromatic carbocycles. The molecule has 0 aliphatic carbocycles. The number of guanidine groups is 1. The van der Waals surface area contributed by atoms with Crippen molar-refractivity contribution in [1.82, 2.24) is 31.6 Å². The number of fused-ring (bicyclic) bond motifs is 1. The number of aliphatic carboxylic acids is 2. The summed E-state index contributed by atoms with van der Waals surface area (Å²) in [4.78, 5) is 94.8. The van der Waals surface area contributed by atoms with Gasteiger partial charge in [-0.05, 0) is 38.3 Å². The van der Waals surface area contributed by atoms with Crippen LogP contribution in [0, 0.1) is 0 Å². The SMILES string of the molecule is C[C@H](N)C(=O)N[C@@H](CC(=O)O)C(=O)N[C@@H](CCCN=C(N)N)C(=O)N[C@@H](CO)C(=O)N[C@@H](Cc1c[nH]c2ccccc12)C(=O)N[C@@H](C)C(=O)O. The third-order valence-corrected chi connectivity index (χ3v) is 7.28. The average Bonchev–Trinajstić information content (AvgIpc) is 3.46. The van der Waals surface area contributed by atoms with Gasteiger partial charge in [0, 0.05) is 30.1 Å². The lowest BCUT2D eigenvalue weighted by molar-refractivity contribution is -0.142. The Bertz CT molecular complexity index is 1570. The number of aliphatic imine (C=N–C) groups is 1. The number of H-pyrrole nitrogens is 1. The fourth-order valence-electron chi connectivity index (χ4n) is 4.58. The number of para-hydroxylation sites is 1. The molecule has 1 aromatic heterocycles. The van der Waals surface area contributed by atoms with Crippen LogP contribution >= 0.6 is 0 Å². The van der Waals surface area contributed by atoms with Crippen LogP contribution in [0.2, 0.25) is 0 Å². The van der Waals surface area contributed by atoms with Gasteiger partial charge in [-0.3, -0.25) is 38.6 Å². The molecule has 20 nitrogen and oxygen atoms in total. The molecule has 0 spiro atoms. The Kier molecular flexibility index (Phi) is 15.6. The summed E-state index contributed by atoms with van der Waals surface area (Å²) in [5, 5.41) is 40.9. The zero-order valence-electron chi connectivity index (χ0n) is 27.5.